The third-order valence-corrected chi connectivity index (χ3v) is 5.64. The van der Waals surface area contributed by atoms with Crippen LogP contribution in [-0.4, -0.2) is 37.0 Å². The summed E-state index contributed by atoms with van der Waals surface area (Å²) in [5, 5.41) is -0.354. The highest BCUT2D eigenvalue weighted by molar-refractivity contribution is 9.10. The number of pyridine rings is 1. The second kappa shape index (κ2) is 7.14. The number of nitrogens with two attached hydrogens (primary N) is 1. The number of carbonyl (C=O) groups is 1. The number of halogens is 1. The van der Waals surface area contributed by atoms with Crippen LogP contribution in [0.1, 0.15) is 33.1 Å². The fourth-order valence-electron chi connectivity index (χ4n) is 1.95. The fraction of sp³-hybridized carbons (Fsp3) is 0.571. The SMILES string of the molecule is CC(C)(CCOc1ncc(Br)cc1NS(=O)(=O)C1CC1)OC(N)=O. The summed E-state index contributed by atoms with van der Waals surface area (Å²) in [5.41, 5.74) is 4.48. The van der Waals surface area contributed by atoms with Gasteiger partial charge in [-0.3, -0.25) is 4.72 Å². The van der Waals surface area contributed by atoms with E-state index in [4.69, 9.17) is 15.2 Å². The monoisotopic (exact) mass is 421 g/mol. The lowest BCUT2D eigenvalue weighted by Gasteiger charge is -2.24. The number of aromatic nitrogens is 1. The van der Waals surface area contributed by atoms with E-state index in [1.165, 1.54) is 6.20 Å². The van der Waals surface area contributed by atoms with Crippen molar-refractivity contribution in [2.24, 2.45) is 5.73 Å². The van der Waals surface area contributed by atoms with Gasteiger partial charge in [-0.15, -0.1) is 0 Å². The Morgan fingerprint density at radius 3 is 2.75 bits per heavy atom. The highest BCUT2D eigenvalue weighted by Crippen LogP contribution is 2.33. The highest BCUT2D eigenvalue weighted by Gasteiger charge is 2.36. The van der Waals surface area contributed by atoms with Crippen molar-refractivity contribution in [2.75, 3.05) is 11.3 Å². The van der Waals surface area contributed by atoms with E-state index in [0.717, 1.165) is 0 Å². The number of nitrogens with zero attached hydrogens (tertiary/aromatic N) is 1. The Kier molecular flexibility index (Phi) is 5.59. The fourth-order valence-corrected chi connectivity index (χ4v) is 3.65. The first-order valence-corrected chi connectivity index (χ1v) is 9.71. The Balaban J connectivity index is 2.03. The summed E-state index contributed by atoms with van der Waals surface area (Å²) in [4.78, 5) is 14.9. The molecule has 2 rings (SSSR count). The normalized spacial score (nSPS) is 15.0. The summed E-state index contributed by atoms with van der Waals surface area (Å²) in [6.07, 6.45) is 2.33. The number of carbonyl (C=O) groups excluding carboxylic acids is 1. The van der Waals surface area contributed by atoms with Crippen LogP contribution in [0.15, 0.2) is 16.7 Å². The molecule has 0 bridgehead atoms. The van der Waals surface area contributed by atoms with Crippen LogP contribution in [0.25, 0.3) is 0 Å². The molecule has 134 valence electrons. The predicted octanol–water partition coefficient (Wildman–Crippen LogP) is 2.39. The lowest BCUT2D eigenvalue weighted by atomic mass is 10.1. The Morgan fingerprint density at radius 1 is 1.50 bits per heavy atom. The summed E-state index contributed by atoms with van der Waals surface area (Å²) in [6.45, 7) is 3.58. The Hall–Kier alpha value is -1.55. The minimum Gasteiger partial charge on any atom is -0.476 e. The van der Waals surface area contributed by atoms with Gasteiger partial charge in [-0.25, -0.2) is 18.2 Å². The van der Waals surface area contributed by atoms with Crippen molar-refractivity contribution < 1.29 is 22.7 Å². The van der Waals surface area contributed by atoms with Gasteiger partial charge < -0.3 is 15.2 Å². The second-order valence-electron chi connectivity index (χ2n) is 6.13. The first kappa shape index (κ1) is 18.8. The zero-order valence-corrected chi connectivity index (χ0v) is 15.8. The third-order valence-electron chi connectivity index (χ3n) is 3.35. The van der Waals surface area contributed by atoms with E-state index in [1.54, 1.807) is 19.9 Å². The van der Waals surface area contributed by atoms with Gasteiger partial charge in [-0.2, -0.15) is 0 Å². The van der Waals surface area contributed by atoms with Crippen molar-refractivity contribution in [3.8, 4) is 5.88 Å². The maximum absolute atomic E-state index is 12.1. The van der Waals surface area contributed by atoms with Crippen LogP contribution in [-0.2, 0) is 14.8 Å². The molecule has 1 aromatic rings. The van der Waals surface area contributed by atoms with E-state index < -0.39 is 21.7 Å². The topological polar surface area (TPSA) is 121 Å². The molecule has 1 aliphatic rings. The van der Waals surface area contributed by atoms with Gasteiger partial charge in [0, 0.05) is 17.1 Å². The Labute approximate surface area is 149 Å². The molecule has 1 heterocycles. The molecule has 0 aromatic carbocycles. The van der Waals surface area contributed by atoms with E-state index >= 15 is 0 Å². The van der Waals surface area contributed by atoms with Crippen LogP contribution < -0.4 is 15.2 Å². The van der Waals surface area contributed by atoms with Crippen LogP contribution in [0.5, 0.6) is 5.88 Å². The number of ether oxygens (including phenoxy) is 2. The van der Waals surface area contributed by atoms with Gasteiger partial charge >= 0.3 is 6.09 Å². The summed E-state index contributed by atoms with van der Waals surface area (Å²) < 4.78 is 37.9. The van der Waals surface area contributed by atoms with E-state index in [-0.39, 0.29) is 23.4 Å². The van der Waals surface area contributed by atoms with Gasteiger partial charge in [0.15, 0.2) is 0 Å². The molecular weight excluding hydrogens is 402 g/mol. The molecule has 0 unspecified atom stereocenters. The number of nitrogens with one attached hydrogen (secondary N) is 1. The number of amides is 1. The standard InChI is InChI=1S/C14H20BrN3O5S/c1-14(2,23-13(16)19)5-6-22-12-11(7-9(15)8-17-12)18-24(20,21)10-3-4-10/h7-8,10,18H,3-6H2,1-2H3,(H2,16,19). The van der Waals surface area contributed by atoms with Crippen LogP contribution in [0, 0.1) is 0 Å². The summed E-state index contributed by atoms with van der Waals surface area (Å²) >= 11 is 3.26. The van der Waals surface area contributed by atoms with Crippen LogP contribution in [0.3, 0.4) is 0 Å². The van der Waals surface area contributed by atoms with Gasteiger partial charge in [-0.1, -0.05) is 0 Å². The zero-order valence-electron chi connectivity index (χ0n) is 13.4. The Morgan fingerprint density at radius 2 is 2.17 bits per heavy atom. The quantitative estimate of drug-likeness (QED) is 0.664. The first-order valence-electron chi connectivity index (χ1n) is 7.37. The van der Waals surface area contributed by atoms with Crippen LogP contribution in [0.4, 0.5) is 10.5 Å². The van der Waals surface area contributed by atoms with Gasteiger partial charge in [0.1, 0.15) is 11.3 Å². The molecule has 0 radical (unpaired) electrons. The van der Waals surface area contributed by atoms with E-state index in [2.05, 4.69) is 25.6 Å². The lowest BCUT2D eigenvalue weighted by Crippen LogP contribution is -2.32. The average Bonchev–Trinajstić information content (AvgIpc) is 3.23. The predicted molar refractivity (Wildman–Crippen MR) is 92.4 cm³/mol. The Bertz CT molecular complexity index is 719. The van der Waals surface area contributed by atoms with Crippen molar-refractivity contribution in [1.82, 2.24) is 4.98 Å². The highest BCUT2D eigenvalue weighted by atomic mass is 79.9. The molecule has 10 heteroatoms. The van der Waals surface area contributed by atoms with Crippen LogP contribution >= 0.6 is 15.9 Å². The van der Waals surface area contributed by atoms with Crippen molar-refractivity contribution in [3.63, 3.8) is 0 Å². The smallest absolute Gasteiger partial charge is 0.405 e. The summed E-state index contributed by atoms with van der Waals surface area (Å²) in [6, 6.07) is 1.59. The molecule has 1 fully saturated rings. The van der Waals surface area contributed by atoms with Crippen molar-refractivity contribution >= 4 is 37.7 Å². The molecule has 1 aliphatic carbocycles. The summed E-state index contributed by atoms with van der Waals surface area (Å²) in [5.74, 6) is 0.164. The van der Waals surface area contributed by atoms with E-state index in [1.807, 2.05) is 0 Å². The number of anilines is 1. The van der Waals surface area contributed by atoms with Crippen molar-refractivity contribution in [2.45, 2.75) is 44.0 Å². The molecular formula is C14H20BrN3O5S. The molecule has 0 atom stereocenters. The first-order chi connectivity index (χ1) is 11.1. The molecule has 0 aliphatic heterocycles. The van der Waals surface area contributed by atoms with Gasteiger partial charge in [0.25, 0.3) is 0 Å². The number of rotatable bonds is 8. The molecule has 0 saturated heterocycles. The number of hydrogen-bond donors (Lipinski definition) is 2. The minimum absolute atomic E-state index is 0.164. The average molecular weight is 422 g/mol. The molecule has 1 aromatic heterocycles. The van der Waals surface area contributed by atoms with Gasteiger partial charge in [0.2, 0.25) is 15.9 Å². The minimum atomic E-state index is -3.43. The largest absolute Gasteiger partial charge is 0.476 e. The number of primary amides is 1. The molecule has 1 saturated carbocycles. The number of hydrogen-bond acceptors (Lipinski definition) is 6. The third kappa shape index (κ3) is 5.52. The van der Waals surface area contributed by atoms with E-state index in [9.17, 15) is 13.2 Å². The van der Waals surface area contributed by atoms with Crippen molar-refractivity contribution in [1.29, 1.82) is 0 Å². The van der Waals surface area contributed by atoms with Gasteiger partial charge in [0.05, 0.1) is 11.9 Å². The lowest BCUT2D eigenvalue weighted by molar-refractivity contribution is 0.0289. The maximum Gasteiger partial charge on any atom is 0.405 e. The summed E-state index contributed by atoms with van der Waals surface area (Å²) in [7, 11) is -3.43. The molecule has 8 nitrogen and oxygen atoms in total. The van der Waals surface area contributed by atoms with Crippen LogP contribution in [0.2, 0.25) is 0 Å². The maximum atomic E-state index is 12.1. The zero-order chi connectivity index (χ0) is 18.0. The molecule has 3 N–H and O–H groups in total. The van der Waals surface area contributed by atoms with Crippen molar-refractivity contribution in [3.05, 3.63) is 16.7 Å². The molecule has 1 amide bonds. The molecule has 24 heavy (non-hydrogen) atoms. The number of sulfonamides is 1. The molecule has 0 spiro atoms. The van der Waals surface area contributed by atoms with E-state index in [0.29, 0.717) is 23.7 Å². The van der Waals surface area contributed by atoms with Gasteiger partial charge in [-0.05, 0) is 48.7 Å². The second-order valence-corrected chi connectivity index (χ2v) is 9.01.